The lowest BCUT2D eigenvalue weighted by atomic mass is 9.91. The molecule has 1 aliphatic heterocycles. The summed E-state index contributed by atoms with van der Waals surface area (Å²) in [5.41, 5.74) is 4.37. The van der Waals surface area contributed by atoms with Crippen LogP contribution in [0.2, 0.25) is 0 Å². The van der Waals surface area contributed by atoms with Crippen molar-refractivity contribution in [2.45, 2.75) is 56.2 Å². The number of amides is 1. The number of carbonyl (C=O) groups is 1. The molecule has 1 aliphatic carbocycles. The first kappa shape index (κ1) is 26.0. The molecule has 0 unspecified atom stereocenters. The molecule has 5 rings (SSSR count). The molecule has 0 saturated carbocycles. The Labute approximate surface area is 221 Å². The highest BCUT2D eigenvalue weighted by Crippen LogP contribution is 2.36. The van der Waals surface area contributed by atoms with Gasteiger partial charge in [0, 0.05) is 19.2 Å². The van der Waals surface area contributed by atoms with E-state index in [-0.39, 0.29) is 23.3 Å². The maximum Gasteiger partial charge on any atom is 0.283 e. The van der Waals surface area contributed by atoms with Crippen LogP contribution in [0.4, 0.5) is 5.82 Å². The second-order valence-corrected chi connectivity index (χ2v) is 11.5. The number of aromatic nitrogens is 3. The van der Waals surface area contributed by atoms with Crippen LogP contribution in [0.5, 0.6) is 0 Å². The van der Waals surface area contributed by atoms with Crippen LogP contribution >= 0.6 is 0 Å². The maximum absolute atomic E-state index is 13.3. The van der Waals surface area contributed by atoms with Crippen LogP contribution in [0.1, 0.15) is 48.7 Å². The Morgan fingerprint density at radius 2 is 2.05 bits per heavy atom. The summed E-state index contributed by atoms with van der Waals surface area (Å²) < 4.78 is 41.4. The predicted octanol–water partition coefficient (Wildman–Crippen LogP) is 3.48. The zero-order chi connectivity index (χ0) is 27.1. The van der Waals surface area contributed by atoms with E-state index >= 15 is 0 Å². The second kappa shape index (κ2) is 9.94. The summed E-state index contributed by atoms with van der Waals surface area (Å²) in [7, 11) is -2.70. The summed E-state index contributed by atoms with van der Waals surface area (Å²) in [6.07, 6.45) is 4.12. The molecule has 1 amide bonds. The summed E-state index contributed by atoms with van der Waals surface area (Å²) in [4.78, 5) is 20.7. The number of methoxy groups -OCH3 is 1. The van der Waals surface area contributed by atoms with Crippen molar-refractivity contribution in [1.82, 2.24) is 19.5 Å². The van der Waals surface area contributed by atoms with E-state index in [0.717, 1.165) is 47.1 Å². The molecule has 0 spiro atoms. The highest BCUT2D eigenvalue weighted by molar-refractivity contribution is 7.90. The van der Waals surface area contributed by atoms with Crippen molar-refractivity contribution >= 4 is 21.7 Å². The Balaban J connectivity index is 1.45. The lowest BCUT2D eigenvalue weighted by Gasteiger charge is -2.40. The highest BCUT2D eigenvalue weighted by atomic mass is 32.2. The lowest BCUT2D eigenvalue weighted by Crippen LogP contribution is -2.49. The molecular weight excluding hydrogens is 506 g/mol. The van der Waals surface area contributed by atoms with Gasteiger partial charge < -0.3 is 14.3 Å². The molecule has 11 heteroatoms. The molecule has 2 aromatic heterocycles. The number of pyridine rings is 1. The molecule has 0 atom stereocenters. The standard InChI is InChI=1S/C27H29N5O5S/c1-17(2)32-23(27(36-4)15-37-16-27)14-26(30-32)38(34,35)31-25(33)13-22-20-7-5-6-18(20)8-9-21(22)19-10-11-29-24(12-19)28-3/h8-12,14,17H,5-7,13,15-16H2,1-2,4H3,(H,31,33). The first-order chi connectivity index (χ1) is 18.2. The quantitative estimate of drug-likeness (QED) is 0.439. The van der Waals surface area contributed by atoms with E-state index in [1.807, 2.05) is 26.0 Å². The third-order valence-electron chi connectivity index (χ3n) is 7.16. The first-order valence-corrected chi connectivity index (χ1v) is 13.9. The Morgan fingerprint density at radius 1 is 1.26 bits per heavy atom. The number of carbonyl (C=O) groups excluding carboxylic acids is 1. The average Bonchev–Trinajstić information content (AvgIpc) is 3.52. The molecule has 3 aromatic rings. The van der Waals surface area contributed by atoms with Gasteiger partial charge in [-0.25, -0.2) is 4.72 Å². The minimum atomic E-state index is -4.25. The molecule has 198 valence electrons. The minimum Gasteiger partial charge on any atom is -0.374 e. The summed E-state index contributed by atoms with van der Waals surface area (Å²) in [5, 5.41) is 4.08. The fourth-order valence-electron chi connectivity index (χ4n) is 5.16. The average molecular weight is 536 g/mol. The molecule has 0 radical (unpaired) electrons. The summed E-state index contributed by atoms with van der Waals surface area (Å²) in [6.45, 7) is 11.7. The summed E-state index contributed by atoms with van der Waals surface area (Å²) >= 11 is 0. The number of hydrogen-bond donors (Lipinski definition) is 1. The second-order valence-electron chi connectivity index (χ2n) is 9.90. The molecule has 10 nitrogen and oxygen atoms in total. The van der Waals surface area contributed by atoms with Crippen molar-refractivity contribution < 1.29 is 22.7 Å². The largest absolute Gasteiger partial charge is 0.374 e. The highest BCUT2D eigenvalue weighted by Gasteiger charge is 2.45. The summed E-state index contributed by atoms with van der Waals surface area (Å²) in [6, 6.07) is 8.77. The normalized spacial score (nSPS) is 16.1. The molecule has 1 saturated heterocycles. The number of hydrogen-bond acceptors (Lipinski definition) is 7. The number of fused-ring (bicyclic) bond motifs is 1. The third kappa shape index (κ3) is 4.60. The molecule has 1 N–H and O–H groups in total. The predicted molar refractivity (Wildman–Crippen MR) is 139 cm³/mol. The van der Waals surface area contributed by atoms with Gasteiger partial charge in [-0.2, -0.15) is 13.5 Å². The van der Waals surface area contributed by atoms with E-state index in [4.69, 9.17) is 16.0 Å². The Kier molecular flexibility index (Phi) is 6.81. The van der Waals surface area contributed by atoms with Gasteiger partial charge in [0.1, 0.15) is 6.20 Å². The zero-order valence-corrected chi connectivity index (χ0v) is 22.3. The van der Waals surface area contributed by atoms with Gasteiger partial charge in [-0.1, -0.05) is 18.7 Å². The van der Waals surface area contributed by atoms with E-state index in [9.17, 15) is 13.2 Å². The van der Waals surface area contributed by atoms with Crippen LogP contribution in [-0.2, 0) is 49.2 Å². The fraction of sp³-hybridized carbons (Fsp3) is 0.407. The van der Waals surface area contributed by atoms with Crippen molar-refractivity contribution in [3.05, 3.63) is 70.3 Å². The monoisotopic (exact) mass is 535 g/mol. The van der Waals surface area contributed by atoms with Crippen LogP contribution in [0, 0.1) is 6.57 Å². The Morgan fingerprint density at radius 3 is 2.71 bits per heavy atom. The lowest BCUT2D eigenvalue weighted by molar-refractivity contribution is -0.206. The number of ether oxygens (including phenoxy) is 2. The van der Waals surface area contributed by atoms with Gasteiger partial charge in [0.15, 0.2) is 10.6 Å². The smallest absolute Gasteiger partial charge is 0.283 e. The number of benzene rings is 1. The third-order valence-corrected chi connectivity index (χ3v) is 8.41. The van der Waals surface area contributed by atoms with E-state index in [0.29, 0.717) is 18.9 Å². The van der Waals surface area contributed by atoms with E-state index in [2.05, 4.69) is 19.6 Å². The Hall–Kier alpha value is -3.59. The molecule has 2 aliphatic rings. The van der Waals surface area contributed by atoms with Crippen molar-refractivity contribution in [2.75, 3.05) is 20.3 Å². The van der Waals surface area contributed by atoms with Crippen LogP contribution in [-0.4, -0.2) is 49.4 Å². The van der Waals surface area contributed by atoms with Gasteiger partial charge in [-0.15, -0.1) is 4.98 Å². The zero-order valence-electron chi connectivity index (χ0n) is 21.5. The van der Waals surface area contributed by atoms with E-state index < -0.39 is 21.5 Å². The van der Waals surface area contributed by atoms with Crippen LogP contribution in [0.25, 0.3) is 16.0 Å². The molecule has 1 fully saturated rings. The maximum atomic E-state index is 13.3. The number of nitrogens with zero attached hydrogens (tertiary/aromatic N) is 4. The molecule has 0 bridgehead atoms. The summed E-state index contributed by atoms with van der Waals surface area (Å²) in [5.74, 6) is -0.400. The van der Waals surface area contributed by atoms with Gasteiger partial charge in [0.25, 0.3) is 15.8 Å². The van der Waals surface area contributed by atoms with Gasteiger partial charge in [-0.3, -0.25) is 9.48 Å². The van der Waals surface area contributed by atoms with Crippen molar-refractivity contribution in [2.24, 2.45) is 0 Å². The Bertz CT molecular complexity index is 1540. The van der Waals surface area contributed by atoms with Gasteiger partial charge in [0.2, 0.25) is 5.91 Å². The van der Waals surface area contributed by atoms with Crippen LogP contribution in [0.3, 0.4) is 0 Å². The fourth-order valence-corrected chi connectivity index (χ4v) is 6.09. The van der Waals surface area contributed by atoms with Crippen molar-refractivity contribution in [3.8, 4) is 11.1 Å². The van der Waals surface area contributed by atoms with Crippen LogP contribution < -0.4 is 4.72 Å². The molecular formula is C27H29N5O5S. The van der Waals surface area contributed by atoms with E-state index in [1.54, 1.807) is 30.1 Å². The molecule has 1 aromatic carbocycles. The first-order valence-electron chi connectivity index (χ1n) is 12.4. The SMILES string of the molecule is [C-]#[N+]c1cc(-c2ccc3c(c2CC(=O)NS(=O)(=O)c2cc(C4(OC)COC4)n(C(C)C)n2)CCC3)ccn1. The topological polar surface area (TPSA) is 117 Å². The van der Waals surface area contributed by atoms with Crippen molar-refractivity contribution in [3.63, 3.8) is 0 Å². The van der Waals surface area contributed by atoms with Gasteiger partial charge in [-0.05, 0) is 73.1 Å². The van der Waals surface area contributed by atoms with E-state index in [1.165, 1.54) is 6.07 Å². The number of nitrogens with one attached hydrogen (secondary N) is 1. The number of rotatable bonds is 8. The molecule has 38 heavy (non-hydrogen) atoms. The van der Waals surface area contributed by atoms with Crippen molar-refractivity contribution in [1.29, 1.82) is 0 Å². The van der Waals surface area contributed by atoms with Gasteiger partial charge in [0.05, 0.1) is 25.3 Å². The molecule has 3 heterocycles. The number of sulfonamides is 1. The van der Waals surface area contributed by atoms with Crippen LogP contribution in [0.15, 0.2) is 41.6 Å². The number of aryl methyl sites for hydroxylation is 1. The van der Waals surface area contributed by atoms with Gasteiger partial charge >= 0.3 is 0 Å². The minimum absolute atomic E-state index is 0.124.